The smallest absolute Gasteiger partial charge is 0.238 e. The summed E-state index contributed by atoms with van der Waals surface area (Å²) in [5.74, 6) is -0.0468. The van der Waals surface area contributed by atoms with Gasteiger partial charge in [-0.3, -0.25) is 19.8 Å². The Bertz CT molecular complexity index is 675. The van der Waals surface area contributed by atoms with E-state index in [4.69, 9.17) is 4.74 Å². The molecule has 2 aromatic rings. The van der Waals surface area contributed by atoms with Crippen LogP contribution in [0.3, 0.4) is 0 Å². The molecule has 1 saturated heterocycles. The number of anilines is 1. The van der Waals surface area contributed by atoms with Crippen LogP contribution in [0.25, 0.3) is 0 Å². The Balaban J connectivity index is 1.64. The summed E-state index contributed by atoms with van der Waals surface area (Å²) in [7, 11) is 0. The minimum absolute atomic E-state index is 0.0468. The van der Waals surface area contributed by atoms with E-state index in [1.165, 1.54) is 0 Å². The highest BCUT2D eigenvalue weighted by Crippen LogP contribution is 2.17. The molecule has 0 radical (unpaired) electrons. The fourth-order valence-electron chi connectivity index (χ4n) is 3.13. The van der Waals surface area contributed by atoms with E-state index < -0.39 is 0 Å². The van der Waals surface area contributed by atoms with Crippen LogP contribution < -0.4 is 5.32 Å². The molecule has 3 rings (SSSR count). The number of rotatable bonds is 7. The first-order valence-electron chi connectivity index (χ1n) is 8.66. The predicted octanol–water partition coefficient (Wildman–Crippen LogP) is 2.04. The van der Waals surface area contributed by atoms with Gasteiger partial charge < -0.3 is 10.1 Å². The first-order chi connectivity index (χ1) is 12.1. The molecular formula is C18H25N5O2. The van der Waals surface area contributed by atoms with E-state index >= 15 is 0 Å². The molecule has 0 bridgehead atoms. The molecule has 1 aliphatic heterocycles. The normalized spacial score (nSPS) is 17.2. The molecule has 134 valence electrons. The number of nitrogens with one attached hydrogen (secondary N) is 2. The number of amides is 1. The number of pyridine rings is 1. The highest BCUT2D eigenvalue weighted by molar-refractivity contribution is 5.93. The maximum absolute atomic E-state index is 12.5. The summed E-state index contributed by atoms with van der Waals surface area (Å²) in [6, 6.07) is 3.94. The monoisotopic (exact) mass is 343 g/mol. The third-order valence-electron chi connectivity index (χ3n) is 4.37. The van der Waals surface area contributed by atoms with Gasteiger partial charge in [0.05, 0.1) is 29.7 Å². The molecule has 1 fully saturated rings. The lowest BCUT2D eigenvalue weighted by Gasteiger charge is -2.24. The molecule has 7 heteroatoms. The van der Waals surface area contributed by atoms with Gasteiger partial charge in [0.15, 0.2) is 0 Å². The number of carbonyl (C=O) groups is 1. The van der Waals surface area contributed by atoms with Crippen molar-refractivity contribution in [1.82, 2.24) is 20.1 Å². The van der Waals surface area contributed by atoms with E-state index in [1.807, 2.05) is 32.2 Å². The molecule has 0 aromatic carbocycles. The highest BCUT2D eigenvalue weighted by atomic mass is 16.5. The summed E-state index contributed by atoms with van der Waals surface area (Å²) in [4.78, 5) is 18.8. The minimum Gasteiger partial charge on any atom is -0.377 e. The Morgan fingerprint density at radius 3 is 3.00 bits per heavy atom. The average Bonchev–Trinajstić information content (AvgIpc) is 3.21. The SMILES string of the molecule is Cc1n[nH]c(C)c1NC(=O)CN(Cc1cccnc1)C[C@H]1CCCO1. The fraction of sp³-hybridized carbons (Fsp3) is 0.500. The summed E-state index contributed by atoms with van der Waals surface area (Å²) >= 11 is 0. The molecule has 0 aliphatic carbocycles. The minimum atomic E-state index is -0.0468. The van der Waals surface area contributed by atoms with E-state index in [-0.39, 0.29) is 12.0 Å². The number of nitrogens with zero attached hydrogens (tertiary/aromatic N) is 3. The van der Waals surface area contributed by atoms with Crippen LogP contribution in [0, 0.1) is 13.8 Å². The van der Waals surface area contributed by atoms with Crippen molar-refractivity contribution in [2.45, 2.75) is 39.3 Å². The molecule has 2 N–H and O–H groups in total. The molecule has 7 nitrogen and oxygen atoms in total. The molecule has 0 spiro atoms. The third-order valence-corrected chi connectivity index (χ3v) is 4.37. The quantitative estimate of drug-likeness (QED) is 0.804. The molecule has 1 amide bonds. The number of carbonyl (C=O) groups excluding carboxylic acids is 1. The van der Waals surface area contributed by atoms with Crippen molar-refractivity contribution in [3.63, 3.8) is 0 Å². The van der Waals surface area contributed by atoms with Crippen molar-refractivity contribution in [1.29, 1.82) is 0 Å². The molecule has 25 heavy (non-hydrogen) atoms. The van der Waals surface area contributed by atoms with Crippen LogP contribution in [0.1, 0.15) is 29.8 Å². The number of hydrogen-bond donors (Lipinski definition) is 2. The second kappa shape index (κ2) is 8.22. The average molecular weight is 343 g/mol. The Hall–Kier alpha value is -2.25. The van der Waals surface area contributed by atoms with Crippen molar-refractivity contribution in [2.75, 3.05) is 25.0 Å². The van der Waals surface area contributed by atoms with Gasteiger partial charge in [0.1, 0.15) is 0 Å². The van der Waals surface area contributed by atoms with E-state index in [0.717, 1.165) is 48.6 Å². The van der Waals surface area contributed by atoms with Crippen LogP contribution in [0.2, 0.25) is 0 Å². The Labute approximate surface area is 147 Å². The highest BCUT2D eigenvalue weighted by Gasteiger charge is 2.21. The standard InChI is InChI=1S/C18H25N5O2/c1-13-18(14(2)22-21-13)20-17(24)12-23(11-16-6-4-8-25-16)10-15-5-3-7-19-9-15/h3,5,7,9,16H,4,6,8,10-12H2,1-2H3,(H,20,24)(H,21,22)/t16-/m1/s1. The zero-order chi connectivity index (χ0) is 17.6. The maximum atomic E-state index is 12.5. The molecule has 3 heterocycles. The number of H-pyrrole nitrogens is 1. The molecular weight excluding hydrogens is 318 g/mol. The van der Waals surface area contributed by atoms with Crippen molar-refractivity contribution in [2.24, 2.45) is 0 Å². The number of aryl methyl sites for hydroxylation is 2. The van der Waals surface area contributed by atoms with E-state index in [9.17, 15) is 4.79 Å². The van der Waals surface area contributed by atoms with Gasteiger partial charge in [-0.15, -0.1) is 0 Å². The van der Waals surface area contributed by atoms with Gasteiger partial charge in [-0.05, 0) is 38.3 Å². The lowest BCUT2D eigenvalue weighted by atomic mass is 10.2. The second-order valence-electron chi connectivity index (χ2n) is 6.52. The van der Waals surface area contributed by atoms with Gasteiger partial charge in [0.25, 0.3) is 0 Å². The summed E-state index contributed by atoms with van der Waals surface area (Å²) < 4.78 is 5.74. The zero-order valence-corrected chi connectivity index (χ0v) is 14.8. The van der Waals surface area contributed by atoms with E-state index in [1.54, 1.807) is 6.20 Å². The first kappa shape index (κ1) is 17.6. The second-order valence-corrected chi connectivity index (χ2v) is 6.52. The predicted molar refractivity (Wildman–Crippen MR) is 95.2 cm³/mol. The van der Waals surface area contributed by atoms with Crippen LogP contribution >= 0.6 is 0 Å². The number of ether oxygens (including phenoxy) is 1. The largest absolute Gasteiger partial charge is 0.377 e. The molecule has 0 saturated carbocycles. The first-order valence-corrected chi connectivity index (χ1v) is 8.66. The van der Waals surface area contributed by atoms with Gasteiger partial charge in [-0.1, -0.05) is 6.07 Å². The van der Waals surface area contributed by atoms with Crippen LogP contribution in [0.5, 0.6) is 0 Å². The molecule has 2 aromatic heterocycles. The van der Waals surface area contributed by atoms with Gasteiger partial charge in [-0.2, -0.15) is 5.10 Å². The lowest BCUT2D eigenvalue weighted by molar-refractivity contribution is -0.117. The van der Waals surface area contributed by atoms with Gasteiger partial charge in [-0.25, -0.2) is 0 Å². The van der Waals surface area contributed by atoms with Crippen molar-refractivity contribution >= 4 is 11.6 Å². The number of aromatic amines is 1. The van der Waals surface area contributed by atoms with Crippen LogP contribution in [0.15, 0.2) is 24.5 Å². The zero-order valence-electron chi connectivity index (χ0n) is 14.8. The van der Waals surface area contributed by atoms with Crippen molar-refractivity contribution < 1.29 is 9.53 Å². The maximum Gasteiger partial charge on any atom is 0.238 e. The van der Waals surface area contributed by atoms with Gasteiger partial charge in [0.2, 0.25) is 5.91 Å². The Kier molecular flexibility index (Phi) is 5.78. The molecule has 0 unspecified atom stereocenters. The van der Waals surface area contributed by atoms with E-state index in [0.29, 0.717) is 13.1 Å². The molecule has 1 aliphatic rings. The topological polar surface area (TPSA) is 83.1 Å². The van der Waals surface area contributed by atoms with Gasteiger partial charge >= 0.3 is 0 Å². The summed E-state index contributed by atoms with van der Waals surface area (Å²) in [5.41, 5.74) is 3.51. The Morgan fingerprint density at radius 2 is 2.36 bits per heavy atom. The summed E-state index contributed by atoms with van der Waals surface area (Å²) in [6.45, 7) is 6.30. The number of aromatic nitrogens is 3. The fourth-order valence-corrected chi connectivity index (χ4v) is 3.13. The summed E-state index contributed by atoms with van der Waals surface area (Å²) in [6.07, 6.45) is 5.92. The Morgan fingerprint density at radius 1 is 1.48 bits per heavy atom. The van der Waals surface area contributed by atoms with Crippen LogP contribution in [-0.4, -0.2) is 51.8 Å². The summed E-state index contributed by atoms with van der Waals surface area (Å²) in [5, 5.41) is 9.97. The van der Waals surface area contributed by atoms with Crippen LogP contribution in [0.4, 0.5) is 5.69 Å². The van der Waals surface area contributed by atoms with E-state index in [2.05, 4.69) is 25.4 Å². The van der Waals surface area contributed by atoms with Gasteiger partial charge in [0, 0.05) is 32.1 Å². The molecule has 1 atom stereocenters. The van der Waals surface area contributed by atoms with Crippen molar-refractivity contribution in [3.05, 3.63) is 41.5 Å². The van der Waals surface area contributed by atoms with Crippen molar-refractivity contribution in [3.8, 4) is 0 Å². The lowest BCUT2D eigenvalue weighted by Crippen LogP contribution is -2.38. The third kappa shape index (κ3) is 4.87. The number of hydrogen-bond acceptors (Lipinski definition) is 5. The van der Waals surface area contributed by atoms with Crippen LogP contribution in [-0.2, 0) is 16.1 Å².